The number of hydrogen-bond acceptors (Lipinski definition) is 3. The molecule has 0 fully saturated rings. The summed E-state index contributed by atoms with van der Waals surface area (Å²) in [6.45, 7) is 3.31. The van der Waals surface area contributed by atoms with Crippen LogP contribution in [-0.4, -0.2) is 41.0 Å². The molecule has 1 unspecified atom stereocenters. The number of benzene rings is 1. The first-order chi connectivity index (χ1) is 9.04. The molecule has 0 radical (unpaired) electrons. The van der Waals surface area contributed by atoms with Gasteiger partial charge in [0.1, 0.15) is 6.54 Å². The highest BCUT2D eigenvalue weighted by atomic mass is 16.4. The molecule has 0 heterocycles. The van der Waals surface area contributed by atoms with Gasteiger partial charge in [-0.2, -0.15) is 0 Å². The molecular weight excluding hydrogens is 244 g/mol. The Hall–Kier alpha value is -2.14. The summed E-state index contributed by atoms with van der Waals surface area (Å²) in [6.07, 6.45) is 1.86. The van der Waals surface area contributed by atoms with Crippen molar-refractivity contribution in [3.8, 4) is 0 Å². The smallest absolute Gasteiger partial charge is 0.323 e. The van der Waals surface area contributed by atoms with E-state index < -0.39 is 12.0 Å². The molecule has 1 amide bonds. The van der Waals surface area contributed by atoms with Crippen molar-refractivity contribution in [2.45, 2.75) is 12.5 Å². The first-order valence-electron chi connectivity index (χ1n) is 5.95. The van der Waals surface area contributed by atoms with Gasteiger partial charge in [-0.05, 0) is 12.0 Å². The van der Waals surface area contributed by atoms with Gasteiger partial charge in [0, 0.05) is 6.54 Å². The second kappa shape index (κ2) is 7.33. The third-order valence-electron chi connectivity index (χ3n) is 2.60. The van der Waals surface area contributed by atoms with Gasteiger partial charge in [0.05, 0.1) is 6.04 Å². The highest BCUT2D eigenvalue weighted by Crippen LogP contribution is 2.04. The lowest BCUT2D eigenvalue weighted by Gasteiger charge is -2.22. The maximum Gasteiger partial charge on any atom is 0.323 e. The fourth-order valence-electron chi connectivity index (χ4n) is 1.74. The number of rotatable bonds is 7. The van der Waals surface area contributed by atoms with E-state index >= 15 is 0 Å². The first-order valence-corrected chi connectivity index (χ1v) is 5.95. The van der Waals surface area contributed by atoms with Crippen LogP contribution in [0, 0.1) is 0 Å². The molecule has 1 atom stereocenters. The summed E-state index contributed by atoms with van der Waals surface area (Å²) in [5, 5.41) is 8.76. The van der Waals surface area contributed by atoms with Crippen molar-refractivity contribution in [1.82, 2.24) is 4.90 Å². The van der Waals surface area contributed by atoms with Crippen molar-refractivity contribution < 1.29 is 14.7 Å². The molecule has 0 aromatic heterocycles. The number of amides is 1. The zero-order valence-electron chi connectivity index (χ0n) is 10.7. The van der Waals surface area contributed by atoms with E-state index in [0.717, 1.165) is 5.56 Å². The molecule has 0 aliphatic carbocycles. The van der Waals surface area contributed by atoms with Gasteiger partial charge in [0.15, 0.2) is 0 Å². The highest BCUT2D eigenvalue weighted by molar-refractivity contribution is 5.85. The molecule has 19 heavy (non-hydrogen) atoms. The van der Waals surface area contributed by atoms with Crippen molar-refractivity contribution in [2.75, 3.05) is 13.1 Å². The predicted molar refractivity (Wildman–Crippen MR) is 72.5 cm³/mol. The van der Waals surface area contributed by atoms with Gasteiger partial charge in [0.2, 0.25) is 5.91 Å². The van der Waals surface area contributed by atoms with Crippen LogP contribution in [0.1, 0.15) is 5.56 Å². The van der Waals surface area contributed by atoms with E-state index in [1.807, 2.05) is 30.3 Å². The van der Waals surface area contributed by atoms with E-state index in [1.54, 1.807) is 0 Å². The number of nitrogens with zero attached hydrogens (tertiary/aromatic N) is 1. The maximum atomic E-state index is 12.1. The highest BCUT2D eigenvalue weighted by Gasteiger charge is 2.22. The summed E-state index contributed by atoms with van der Waals surface area (Å²) in [5.74, 6) is -1.45. The SMILES string of the molecule is C=CCN(CC(=O)O)C(=O)C(N)Cc1ccccc1. The lowest BCUT2D eigenvalue weighted by atomic mass is 10.1. The van der Waals surface area contributed by atoms with Gasteiger partial charge < -0.3 is 15.7 Å². The summed E-state index contributed by atoms with van der Waals surface area (Å²) in [4.78, 5) is 23.9. The Labute approximate surface area is 112 Å². The van der Waals surface area contributed by atoms with Crippen LogP contribution in [0.5, 0.6) is 0 Å². The predicted octanol–water partition coefficient (Wildman–Crippen LogP) is 0.656. The normalized spacial score (nSPS) is 11.6. The zero-order chi connectivity index (χ0) is 14.3. The van der Waals surface area contributed by atoms with E-state index in [-0.39, 0.29) is 19.0 Å². The fraction of sp³-hybridized carbons (Fsp3) is 0.286. The van der Waals surface area contributed by atoms with Gasteiger partial charge in [-0.25, -0.2) is 0 Å². The Morgan fingerprint density at radius 3 is 2.53 bits per heavy atom. The van der Waals surface area contributed by atoms with Crippen LogP contribution in [0.15, 0.2) is 43.0 Å². The number of carbonyl (C=O) groups excluding carboxylic acids is 1. The maximum absolute atomic E-state index is 12.1. The molecule has 0 saturated heterocycles. The molecule has 0 aliphatic heterocycles. The van der Waals surface area contributed by atoms with Crippen molar-refractivity contribution in [1.29, 1.82) is 0 Å². The van der Waals surface area contributed by atoms with E-state index in [9.17, 15) is 9.59 Å². The second-order valence-corrected chi connectivity index (χ2v) is 4.20. The average Bonchev–Trinajstić information content (AvgIpc) is 2.38. The number of carbonyl (C=O) groups is 2. The minimum absolute atomic E-state index is 0.174. The van der Waals surface area contributed by atoms with Crippen molar-refractivity contribution >= 4 is 11.9 Å². The minimum Gasteiger partial charge on any atom is -0.480 e. The number of hydrogen-bond donors (Lipinski definition) is 2. The Balaban J connectivity index is 2.67. The van der Waals surface area contributed by atoms with Crippen molar-refractivity contribution in [3.63, 3.8) is 0 Å². The number of nitrogens with two attached hydrogens (primary N) is 1. The topological polar surface area (TPSA) is 83.6 Å². The van der Waals surface area contributed by atoms with E-state index in [0.29, 0.717) is 6.42 Å². The van der Waals surface area contributed by atoms with E-state index in [4.69, 9.17) is 10.8 Å². The second-order valence-electron chi connectivity index (χ2n) is 4.20. The van der Waals surface area contributed by atoms with Crippen molar-refractivity contribution in [2.24, 2.45) is 5.73 Å². The quantitative estimate of drug-likeness (QED) is 0.707. The molecule has 0 aliphatic rings. The molecule has 5 heteroatoms. The minimum atomic E-state index is -1.07. The molecule has 0 saturated carbocycles. The monoisotopic (exact) mass is 262 g/mol. The molecule has 0 spiro atoms. The van der Waals surface area contributed by atoms with Gasteiger partial charge in [-0.15, -0.1) is 6.58 Å². The summed E-state index contributed by atoms with van der Waals surface area (Å²) in [5.41, 5.74) is 6.78. The molecule has 1 aromatic carbocycles. The number of carboxylic acid groups (broad SMARTS) is 1. The molecule has 5 nitrogen and oxygen atoms in total. The molecule has 3 N–H and O–H groups in total. The van der Waals surface area contributed by atoms with Crippen molar-refractivity contribution in [3.05, 3.63) is 48.6 Å². The van der Waals surface area contributed by atoms with E-state index in [2.05, 4.69) is 6.58 Å². The summed E-state index contributed by atoms with van der Waals surface area (Å²) >= 11 is 0. The van der Waals surface area contributed by atoms with Crippen LogP contribution in [0.2, 0.25) is 0 Å². The number of aliphatic carboxylic acids is 1. The standard InChI is InChI=1S/C14H18N2O3/c1-2-8-16(10-13(17)18)14(19)12(15)9-11-6-4-3-5-7-11/h2-7,12H,1,8-10,15H2,(H,17,18). The van der Waals surface area contributed by atoms with Gasteiger partial charge in [-0.1, -0.05) is 36.4 Å². The van der Waals surface area contributed by atoms with Crippen LogP contribution < -0.4 is 5.73 Å². The van der Waals surface area contributed by atoms with Crippen LogP contribution >= 0.6 is 0 Å². The van der Waals surface area contributed by atoms with Crippen LogP contribution in [0.3, 0.4) is 0 Å². The van der Waals surface area contributed by atoms with Crippen LogP contribution in [-0.2, 0) is 16.0 Å². The Morgan fingerprint density at radius 1 is 1.37 bits per heavy atom. The Morgan fingerprint density at radius 2 is 2.00 bits per heavy atom. The molecule has 1 rings (SSSR count). The molecule has 102 valence electrons. The lowest BCUT2D eigenvalue weighted by Crippen LogP contribution is -2.46. The summed E-state index contributed by atoms with van der Waals surface area (Å²) in [7, 11) is 0. The van der Waals surface area contributed by atoms with Gasteiger partial charge in [0.25, 0.3) is 0 Å². The molecule has 0 bridgehead atoms. The zero-order valence-corrected chi connectivity index (χ0v) is 10.7. The Bertz CT molecular complexity index is 445. The fourth-order valence-corrected chi connectivity index (χ4v) is 1.74. The third-order valence-corrected chi connectivity index (χ3v) is 2.60. The summed E-state index contributed by atoms with van der Waals surface area (Å²) < 4.78 is 0. The Kier molecular flexibility index (Phi) is 5.75. The summed E-state index contributed by atoms with van der Waals surface area (Å²) in [6, 6.07) is 8.62. The largest absolute Gasteiger partial charge is 0.480 e. The lowest BCUT2D eigenvalue weighted by molar-refractivity contribution is -0.144. The first kappa shape index (κ1) is 14.9. The van der Waals surface area contributed by atoms with Gasteiger partial charge >= 0.3 is 5.97 Å². The number of carboxylic acids is 1. The van der Waals surface area contributed by atoms with Crippen LogP contribution in [0.25, 0.3) is 0 Å². The molecule has 1 aromatic rings. The third kappa shape index (κ3) is 4.93. The molecular formula is C14H18N2O3. The van der Waals surface area contributed by atoms with Gasteiger partial charge in [-0.3, -0.25) is 9.59 Å². The average molecular weight is 262 g/mol. The van der Waals surface area contributed by atoms with E-state index in [1.165, 1.54) is 11.0 Å². The van der Waals surface area contributed by atoms with Crippen LogP contribution in [0.4, 0.5) is 0 Å².